The first-order valence-corrected chi connectivity index (χ1v) is 6.96. The van der Waals surface area contributed by atoms with Crippen LogP contribution in [0.2, 0.25) is 0 Å². The van der Waals surface area contributed by atoms with Crippen molar-refractivity contribution in [2.75, 3.05) is 5.73 Å². The van der Waals surface area contributed by atoms with Crippen LogP contribution in [0.3, 0.4) is 0 Å². The molecule has 0 aliphatic heterocycles. The van der Waals surface area contributed by atoms with Crippen molar-refractivity contribution in [1.29, 1.82) is 0 Å². The van der Waals surface area contributed by atoms with Gasteiger partial charge in [-0.3, -0.25) is 0 Å². The minimum absolute atomic E-state index is 0.299. The highest BCUT2D eigenvalue weighted by atomic mass is 32.1. The highest BCUT2D eigenvalue weighted by molar-refractivity contribution is 7.19. The van der Waals surface area contributed by atoms with E-state index in [1.807, 2.05) is 29.6 Å². The van der Waals surface area contributed by atoms with Crippen molar-refractivity contribution in [1.82, 2.24) is 19.8 Å². The highest BCUT2D eigenvalue weighted by Crippen LogP contribution is 2.28. The number of hydrogen-bond donors (Lipinski definition) is 1. The SMILES string of the molecule is Cc1ccc(-c2nn3c(C(C)C)nnc3s2)cc1N. The maximum Gasteiger partial charge on any atom is 0.234 e. The second-order valence-electron chi connectivity index (χ2n) is 4.89. The molecule has 5 nitrogen and oxygen atoms in total. The molecule has 98 valence electrons. The van der Waals surface area contributed by atoms with Gasteiger partial charge in [-0.1, -0.05) is 37.3 Å². The largest absolute Gasteiger partial charge is 0.398 e. The summed E-state index contributed by atoms with van der Waals surface area (Å²) in [5, 5.41) is 13.8. The fourth-order valence-electron chi connectivity index (χ4n) is 1.88. The molecular weight excluding hydrogens is 258 g/mol. The topological polar surface area (TPSA) is 69.1 Å². The Morgan fingerprint density at radius 1 is 1.26 bits per heavy atom. The quantitative estimate of drug-likeness (QED) is 0.729. The third kappa shape index (κ3) is 1.98. The molecule has 2 aromatic heterocycles. The molecule has 3 aromatic rings. The van der Waals surface area contributed by atoms with Gasteiger partial charge in [0.15, 0.2) is 5.82 Å². The van der Waals surface area contributed by atoms with E-state index in [0.29, 0.717) is 5.92 Å². The van der Waals surface area contributed by atoms with Crippen LogP contribution in [0.4, 0.5) is 5.69 Å². The van der Waals surface area contributed by atoms with Gasteiger partial charge in [-0.2, -0.15) is 9.61 Å². The highest BCUT2D eigenvalue weighted by Gasteiger charge is 2.15. The van der Waals surface area contributed by atoms with Crippen molar-refractivity contribution in [2.24, 2.45) is 0 Å². The molecule has 0 unspecified atom stereocenters. The Labute approximate surface area is 115 Å². The Morgan fingerprint density at radius 2 is 2.05 bits per heavy atom. The van der Waals surface area contributed by atoms with Crippen LogP contribution >= 0.6 is 11.3 Å². The molecule has 3 rings (SSSR count). The lowest BCUT2D eigenvalue weighted by molar-refractivity contribution is 0.727. The normalized spacial score (nSPS) is 11.6. The van der Waals surface area contributed by atoms with Crippen LogP contribution in [-0.4, -0.2) is 19.8 Å². The van der Waals surface area contributed by atoms with Crippen molar-refractivity contribution >= 4 is 22.0 Å². The molecule has 2 N–H and O–H groups in total. The van der Waals surface area contributed by atoms with Gasteiger partial charge in [-0.25, -0.2) is 0 Å². The maximum atomic E-state index is 5.95. The second-order valence-corrected chi connectivity index (χ2v) is 5.84. The summed E-state index contributed by atoms with van der Waals surface area (Å²) in [4.78, 5) is 0.817. The zero-order valence-corrected chi connectivity index (χ0v) is 11.9. The van der Waals surface area contributed by atoms with Gasteiger partial charge in [0, 0.05) is 17.2 Å². The summed E-state index contributed by atoms with van der Waals surface area (Å²) in [5.41, 5.74) is 8.83. The number of aryl methyl sites for hydroxylation is 1. The van der Waals surface area contributed by atoms with E-state index < -0.39 is 0 Å². The first-order valence-electron chi connectivity index (χ1n) is 6.15. The lowest BCUT2D eigenvalue weighted by Crippen LogP contribution is -1.98. The lowest BCUT2D eigenvalue weighted by atomic mass is 10.1. The van der Waals surface area contributed by atoms with Gasteiger partial charge < -0.3 is 5.73 Å². The molecule has 0 spiro atoms. The molecule has 0 aliphatic carbocycles. The predicted molar refractivity (Wildman–Crippen MR) is 77.3 cm³/mol. The summed E-state index contributed by atoms with van der Waals surface area (Å²) >= 11 is 1.53. The molecule has 0 saturated carbocycles. The fourth-order valence-corrected chi connectivity index (χ4v) is 2.72. The van der Waals surface area contributed by atoms with Crippen LogP contribution in [-0.2, 0) is 0 Å². The van der Waals surface area contributed by atoms with Crippen LogP contribution in [0.15, 0.2) is 18.2 Å². The molecule has 1 aromatic carbocycles. The van der Waals surface area contributed by atoms with Crippen LogP contribution in [0.1, 0.15) is 31.2 Å². The van der Waals surface area contributed by atoms with Gasteiger partial charge in [0.1, 0.15) is 5.01 Å². The minimum atomic E-state index is 0.299. The first kappa shape index (κ1) is 12.1. The molecule has 0 amide bonds. The summed E-state index contributed by atoms with van der Waals surface area (Å²) in [6.45, 7) is 6.16. The Hall–Kier alpha value is -1.95. The van der Waals surface area contributed by atoms with Gasteiger partial charge in [-0.15, -0.1) is 10.2 Å². The molecule has 0 atom stereocenters. The smallest absolute Gasteiger partial charge is 0.234 e. The molecule has 19 heavy (non-hydrogen) atoms. The Kier molecular flexibility index (Phi) is 2.74. The molecule has 0 radical (unpaired) electrons. The van der Waals surface area contributed by atoms with Crippen LogP contribution in [0.5, 0.6) is 0 Å². The molecule has 0 saturated heterocycles. The zero-order valence-electron chi connectivity index (χ0n) is 11.1. The third-order valence-corrected chi connectivity index (χ3v) is 4.01. The standard InChI is InChI=1S/C13H15N5S/c1-7(2)11-15-16-13-18(11)17-12(19-13)9-5-4-8(3)10(14)6-9/h4-7H,14H2,1-3H3. The van der Waals surface area contributed by atoms with Crippen LogP contribution < -0.4 is 5.73 Å². The number of benzene rings is 1. The van der Waals surface area contributed by atoms with E-state index in [4.69, 9.17) is 5.73 Å². The zero-order chi connectivity index (χ0) is 13.6. The fraction of sp³-hybridized carbons (Fsp3) is 0.308. The van der Waals surface area contributed by atoms with Crippen molar-refractivity contribution in [3.05, 3.63) is 29.6 Å². The molecule has 0 fully saturated rings. The lowest BCUT2D eigenvalue weighted by Gasteiger charge is -2.02. The van der Waals surface area contributed by atoms with Gasteiger partial charge >= 0.3 is 0 Å². The van der Waals surface area contributed by atoms with E-state index >= 15 is 0 Å². The number of hydrogen-bond acceptors (Lipinski definition) is 5. The van der Waals surface area contributed by atoms with Gasteiger partial charge in [0.25, 0.3) is 0 Å². The summed E-state index contributed by atoms with van der Waals surface area (Å²) in [6.07, 6.45) is 0. The van der Waals surface area contributed by atoms with Crippen LogP contribution in [0, 0.1) is 6.92 Å². The monoisotopic (exact) mass is 273 g/mol. The number of rotatable bonds is 2. The summed E-state index contributed by atoms with van der Waals surface area (Å²) in [5.74, 6) is 1.19. The van der Waals surface area contributed by atoms with E-state index in [-0.39, 0.29) is 0 Å². The van der Waals surface area contributed by atoms with Crippen molar-refractivity contribution in [3.63, 3.8) is 0 Å². The number of nitrogen functional groups attached to an aromatic ring is 1. The van der Waals surface area contributed by atoms with Gasteiger partial charge in [-0.05, 0) is 18.6 Å². The number of nitrogens with zero attached hydrogens (tertiary/aromatic N) is 4. The predicted octanol–water partition coefficient (Wildman–Crippen LogP) is 2.87. The second kappa shape index (κ2) is 4.31. The molecule has 0 aliphatic rings. The number of aromatic nitrogens is 4. The van der Waals surface area contributed by atoms with Crippen molar-refractivity contribution in [2.45, 2.75) is 26.7 Å². The number of anilines is 1. The molecule has 6 heteroatoms. The van der Waals surface area contributed by atoms with Crippen molar-refractivity contribution < 1.29 is 0 Å². The Bertz CT molecular complexity index is 741. The Balaban J connectivity index is 2.12. The van der Waals surface area contributed by atoms with E-state index in [1.54, 1.807) is 0 Å². The molecular formula is C13H15N5S. The summed E-state index contributed by atoms with van der Waals surface area (Å²) in [7, 11) is 0. The number of nitrogens with two attached hydrogens (primary N) is 1. The third-order valence-electron chi connectivity index (χ3n) is 3.06. The van der Waals surface area contributed by atoms with E-state index in [2.05, 4.69) is 29.1 Å². The van der Waals surface area contributed by atoms with Crippen molar-refractivity contribution in [3.8, 4) is 10.6 Å². The first-order chi connectivity index (χ1) is 9.06. The maximum absolute atomic E-state index is 5.95. The number of fused-ring (bicyclic) bond motifs is 1. The molecule has 0 bridgehead atoms. The van der Waals surface area contributed by atoms with Gasteiger partial charge in [0.2, 0.25) is 4.96 Å². The van der Waals surface area contributed by atoms with E-state index in [0.717, 1.165) is 32.6 Å². The van der Waals surface area contributed by atoms with E-state index in [1.165, 1.54) is 11.3 Å². The minimum Gasteiger partial charge on any atom is -0.398 e. The van der Waals surface area contributed by atoms with Gasteiger partial charge in [0.05, 0.1) is 0 Å². The van der Waals surface area contributed by atoms with Crippen LogP contribution in [0.25, 0.3) is 15.5 Å². The summed E-state index contributed by atoms with van der Waals surface area (Å²) in [6, 6.07) is 6.00. The molecule has 2 heterocycles. The Morgan fingerprint density at radius 3 is 2.74 bits per heavy atom. The average Bonchev–Trinajstić information content (AvgIpc) is 2.91. The summed E-state index contributed by atoms with van der Waals surface area (Å²) < 4.78 is 1.82. The average molecular weight is 273 g/mol. The van der Waals surface area contributed by atoms with E-state index in [9.17, 15) is 0 Å².